The maximum Gasteiger partial charge on any atom is 0.221 e. The molecule has 9 nitrogen and oxygen atoms in total. The number of carbonyl (C=O) groups excluding carboxylic acids is 1. The lowest BCUT2D eigenvalue weighted by atomic mass is 10.2. The molecule has 1 aromatic carbocycles. The summed E-state index contributed by atoms with van der Waals surface area (Å²) in [6, 6.07) is 5.54. The number of benzene rings is 1. The van der Waals surface area contributed by atoms with Gasteiger partial charge in [0.1, 0.15) is 6.54 Å². The fraction of sp³-hybridized carbons (Fsp3) is 0.696. The number of anilines is 3. The van der Waals surface area contributed by atoms with Gasteiger partial charge in [-0.3, -0.25) is 4.79 Å². The molecular weight excluding hydrogens is 410 g/mol. The summed E-state index contributed by atoms with van der Waals surface area (Å²) in [4.78, 5) is 15.9. The molecular formula is C23H44N5O4+. The molecule has 0 saturated carbocycles. The summed E-state index contributed by atoms with van der Waals surface area (Å²) >= 11 is 0. The van der Waals surface area contributed by atoms with Gasteiger partial charge in [-0.2, -0.15) is 0 Å². The number of rotatable bonds is 17. The predicted octanol–water partition coefficient (Wildman–Crippen LogP) is 1.35. The summed E-state index contributed by atoms with van der Waals surface area (Å²) in [6.07, 6.45) is 0. The SMILES string of the molecule is CC(=O)Nc1cc(N)ccc1N(CCOCCOCC[N+](C)(C)C)CCOCCN(C)C. The smallest absolute Gasteiger partial charge is 0.221 e. The second-order valence-corrected chi connectivity index (χ2v) is 9.10. The first-order valence-corrected chi connectivity index (χ1v) is 11.2. The number of quaternary nitrogens is 1. The Hall–Kier alpha value is -1.91. The molecule has 1 amide bonds. The monoisotopic (exact) mass is 454 g/mol. The molecule has 0 saturated heterocycles. The van der Waals surface area contributed by atoms with Crippen molar-refractivity contribution in [3.63, 3.8) is 0 Å². The molecule has 1 rings (SSSR count). The van der Waals surface area contributed by atoms with Crippen LogP contribution >= 0.6 is 0 Å². The zero-order valence-corrected chi connectivity index (χ0v) is 20.9. The highest BCUT2D eigenvalue weighted by Crippen LogP contribution is 2.28. The Kier molecular flexibility index (Phi) is 13.2. The van der Waals surface area contributed by atoms with Crippen molar-refractivity contribution in [2.75, 3.05) is 117 Å². The summed E-state index contributed by atoms with van der Waals surface area (Å²) in [5.74, 6) is -0.138. The van der Waals surface area contributed by atoms with Crippen molar-refractivity contribution in [1.82, 2.24) is 4.90 Å². The van der Waals surface area contributed by atoms with E-state index in [-0.39, 0.29) is 5.91 Å². The largest absolute Gasteiger partial charge is 0.399 e. The number of likely N-dealkylation sites (N-methyl/N-ethyl adjacent to an activating group) is 2. The standard InChI is InChI=1S/C23H43N5O4/c1-20(29)25-22-19-21(24)7-8-23(22)27(10-14-30-13-9-26(2)3)11-15-31-17-18-32-16-12-28(4,5)6/h7-8,19H,9-18,24H2,1-6H3/p+1. The van der Waals surface area contributed by atoms with E-state index >= 15 is 0 Å². The van der Waals surface area contributed by atoms with Crippen molar-refractivity contribution >= 4 is 23.0 Å². The fourth-order valence-electron chi connectivity index (χ4n) is 2.83. The first-order valence-electron chi connectivity index (χ1n) is 11.2. The van der Waals surface area contributed by atoms with E-state index in [1.54, 1.807) is 6.07 Å². The number of hydrogen-bond acceptors (Lipinski definition) is 7. The minimum atomic E-state index is -0.138. The summed E-state index contributed by atoms with van der Waals surface area (Å²) in [7, 11) is 10.5. The number of nitrogens with two attached hydrogens (primary N) is 1. The molecule has 0 bridgehead atoms. The van der Waals surface area contributed by atoms with Crippen molar-refractivity contribution in [2.24, 2.45) is 0 Å². The van der Waals surface area contributed by atoms with E-state index in [2.05, 4.69) is 36.3 Å². The lowest BCUT2D eigenvalue weighted by Gasteiger charge is -2.27. The zero-order valence-electron chi connectivity index (χ0n) is 20.9. The first kappa shape index (κ1) is 28.1. The lowest BCUT2D eigenvalue weighted by Crippen LogP contribution is -2.37. The third-order valence-corrected chi connectivity index (χ3v) is 4.64. The third-order valence-electron chi connectivity index (χ3n) is 4.64. The summed E-state index contributed by atoms with van der Waals surface area (Å²) < 4.78 is 18.1. The Bertz CT molecular complexity index is 664. The molecule has 0 unspecified atom stereocenters. The molecule has 0 heterocycles. The number of nitrogens with one attached hydrogen (secondary N) is 1. The Morgan fingerprint density at radius 1 is 0.938 bits per heavy atom. The van der Waals surface area contributed by atoms with E-state index in [9.17, 15) is 4.79 Å². The zero-order chi connectivity index (χ0) is 24.0. The minimum absolute atomic E-state index is 0.138. The van der Waals surface area contributed by atoms with Crippen LogP contribution in [0, 0.1) is 0 Å². The van der Waals surface area contributed by atoms with Crippen LogP contribution in [0.5, 0.6) is 0 Å². The van der Waals surface area contributed by atoms with Crippen molar-refractivity contribution in [1.29, 1.82) is 0 Å². The van der Waals surface area contributed by atoms with Gasteiger partial charge in [0.25, 0.3) is 0 Å². The maximum atomic E-state index is 11.7. The molecule has 0 aliphatic heterocycles. The van der Waals surface area contributed by atoms with Gasteiger partial charge < -0.3 is 39.5 Å². The maximum absolute atomic E-state index is 11.7. The van der Waals surface area contributed by atoms with Crippen LogP contribution in [0.4, 0.5) is 17.1 Å². The average Bonchev–Trinajstić information content (AvgIpc) is 2.67. The highest BCUT2D eigenvalue weighted by Gasteiger charge is 2.13. The highest BCUT2D eigenvalue weighted by atomic mass is 16.5. The van der Waals surface area contributed by atoms with Gasteiger partial charge in [0.05, 0.1) is 72.2 Å². The number of ether oxygens (including phenoxy) is 3. The quantitative estimate of drug-likeness (QED) is 0.209. The minimum Gasteiger partial charge on any atom is -0.399 e. The molecule has 3 N–H and O–H groups in total. The first-order chi connectivity index (χ1) is 15.1. The Balaban J connectivity index is 2.59. The van der Waals surface area contributed by atoms with Gasteiger partial charge in [-0.05, 0) is 32.3 Å². The molecule has 0 aromatic heterocycles. The molecule has 0 atom stereocenters. The highest BCUT2D eigenvalue weighted by molar-refractivity contribution is 5.93. The van der Waals surface area contributed by atoms with Crippen LogP contribution in [0.15, 0.2) is 18.2 Å². The lowest BCUT2D eigenvalue weighted by molar-refractivity contribution is -0.870. The van der Waals surface area contributed by atoms with Crippen molar-refractivity contribution in [3.8, 4) is 0 Å². The van der Waals surface area contributed by atoms with E-state index in [0.29, 0.717) is 57.5 Å². The third kappa shape index (κ3) is 13.5. The molecule has 1 aromatic rings. The van der Waals surface area contributed by atoms with Crippen molar-refractivity contribution in [3.05, 3.63) is 18.2 Å². The second-order valence-electron chi connectivity index (χ2n) is 9.10. The number of amides is 1. The van der Waals surface area contributed by atoms with Crippen molar-refractivity contribution in [2.45, 2.75) is 6.92 Å². The molecule has 0 aliphatic rings. The van der Waals surface area contributed by atoms with E-state index < -0.39 is 0 Å². The molecule has 0 radical (unpaired) electrons. The van der Waals surface area contributed by atoms with Crippen molar-refractivity contribution < 1.29 is 23.5 Å². The van der Waals surface area contributed by atoms with Gasteiger partial charge >= 0.3 is 0 Å². The van der Waals surface area contributed by atoms with Gasteiger partial charge in [0.2, 0.25) is 5.91 Å². The molecule has 184 valence electrons. The van der Waals surface area contributed by atoms with Crippen LogP contribution in [0.1, 0.15) is 6.92 Å². The molecule has 0 aliphatic carbocycles. The molecule has 9 heteroatoms. The number of hydrogen-bond donors (Lipinski definition) is 2. The Labute approximate surface area is 194 Å². The second kappa shape index (κ2) is 15.0. The van der Waals surface area contributed by atoms with E-state index in [1.165, 1.54) is 6.92 Å². The summed E-state index contributed by atoms with van der Waals surface area (Å²) in [5, 5.41) is 2.88. The van der Waals surface area contributed by atoms with Crippen LogP contribution in [0.3, 0.4) is 0 Å². The normalized spacial score (nSPS) is 11.7. The van der Waals surface area contributed by atoms with Crippen LogP contribution in [0.2, 0.25) is 0 Å². The van der Waals surface area contributed by atoms with Crippen LogP contribution in [0.25, 0.3) is 0 Å². The molecule has 0 fully saturated rings. The summed E-state index contributed by atoms with van der Waals surface area (Å²) in [5.41, 5.74) is 8.12. The fourth-order valence-corrected chi connectivity index (χ4v) is 2.83. The number of nitrogens with zero attached hydrogens (tertiary/aromatic N) is 3. The van der Waals surface area contributed by atoms with E-state index in [4.69, 9.17) is 19.9 Å². The van der Waals surface area contributed by atoms with Crippen LogP contribution < -0.4 is 16.0 Å². The molecule has 32 heavy (non-hydrogen) atoms. The van der Waals surface area contributed by atoms with Gasteiger partial charge in [-0.25, -0.2) is 0 Å². The van der Waals surface area contributed by atoms with Gasteiger partial charge in [0, 0.05) is 32.2 Å². The topological polar surface area (TPSA) is 89.3 Å². The number of nitrogen functional groups attached to an aromatic ring is 1. The van der Waals surface area contributed by atoms with Crippen LogP contribution in [-0.4, -0.2) is 116 Å². The predicted molar refractivity (Wildman–Crippen MR) is 131 cm³/mol. The summed E-state index contributed by atoms with van der Waals surface area (Å²) in [6.45, 7) is 8.28. The van der Waals surface area contributed by atoms with Gasteiger partial charge in [0.15, 0.2) is 0 Å². The van der Waals surface area contributed by atoms with Gasteiger partial charge in [-0.1, -0.05) is 0 Å². The Morgan fingerprint density at radius 3 is 2.06 bits per heavy atom. The number of carbonyl (C=O) groups is 1. The van der Waals surface area contributed by atoms with E-state index in [0.717, 1.165) is 29.9 Å². The Morgan fingerprint density at radius 2 is 1.50 bits per heavy atom. The molecule has 0 spiro atoms. The van der Waals surface area contributed by atoms with Crippen LogP contribution in [-0.2, 0) is 19.0 Å². The van der Waals surface area contributed by atoms with Gasteiger partial charge in [-0.15, -0.1) is 0 Å². The average molecular weight is 455 g/mol. The van der Waals surface area contributed by atoms with E-state index in [1.807, 2.05) is 26.2 Å².